The Labute approximate surface area is 148 Å². The topological polar surface area (TPSA) is 84.3 Å². The van der Waals surface area contributed by atoms with Crippen LogP contribution in [-0.2, 0) is 9.59 Å². The van der Waals surface area contributed by atoms with E-state index in [0.29, 0.717) is 4.24 Å². The van der Waals surface area contributed by atoms with Gasteiger partial charge in [-0.1, -0.05) is 11.8 Å². The Hall–Kier alpha value is -1.32. The quantitative estimate of drug-likeness (QED) is 0.701. The maximum Gasteiger partial charge on any atom is 0.354 e. The summed E-state index contributed by atoms with van der Waals surface area (Å²) in [6.45, 7) is 3.43. The molecule has 4 aliphatic heterocycles. The summed E-state index contributed by atoms with van der Waals surface area (Å²) in [6, 6.07) is 0. The summed E-state index contributed by atoms with van der Waals surface area (Å²) < 4.78 is 0.686. The number of aliphatic hydroxyl groups is 1. The third-order valence-corrected chi connectivity index (χ3v) is 7.72. The highest BCUT2D eigenvalue weighted by Gasteiger charge is 2.58. The van der Waals surface area contributed by atoms with Crippen LogP contribution in [0.2, 0.25) is 0 Å². The van der Waals surface area contributed by atoms with E-state index in [1.165, 1.54) is 22.4 Å². The SMILES string of the molecule is C[C@@H](O)[C@@H]1C(=O)N2C(C(=O)O)=C(SC3CCN4CN(C)C=C34)S[C@@H]12. The van der Waals surface area contributed by atoms with Gasteiger partial charge in [0.1, 0.15) is 5.37 Å². The number of rotatable bonds is 4. The number of aliphatic carboxylic acids is 1. The van der Waals surface area contributed by atoms with Gasteiger partial charge < -0.3 is 20.0 Å². The molecule has 0 aromatic carbocycles. The predicted molar refractivity (Wildman–Crippen MR) is 91.5 cm³/mol. The Morgan fingerprint density at radius 3 is 2.92 bits per heavy atom. The van der Waals surface area contributed by atoms with Crippen LogP contribution < -0.4 is 0 Å². The maximum atomic E-state index is 12.2. The number of amides is 1. The molecule has 4 aliphatic rings. The van der Waals surface area contributed by atoms with Crippen molar-refractivity contribution in [3.8, 4) is 0 Å². The van der Waals surface area contributed by atoms with Crippen molar-refractivity contribution in [2.75, 3.05) is 20.3 Å². The minimum absolute atomic E-state index is 0.0855. The number of carboxylic acids is 1. The van der Waals surface area contributed by atoms with E-state index in [1.54, 1.807) is 18.7 Å². The number of nitrogens with zero attached hydrogens (tertiary/aromatic N) is 3. The van der Waals surface area contributed by atoms with E-state index in [1.807, 2.05) is 7.05 Å². The van der Waals surface area contributed by atoms with E-state index in [2.05, 4.69) is 16.0 Å². The summed E-state index contributed by atoms with van der Waals surface area (Å²) in [4.78, 5) is 29.7. The second-order valence-electron chi connectivity index (χ2n) is 6.54. The van der Waals surface area contributed by atoms with Crippen LogP contribution in [0.15, 0.2) is 21.8 Å². The van der Waals surface area contributed by atoms with Crippen LogP contribution in [-0.4, -0.2) is 73.8 Å². The van der Waals surface area contributed by atoms with Crippen LogP contribution in [0, 0.1) is 5.92 Å². The lowest BCUT2D eigenvalue weighted by Gasteiger charge is -2.43. The fourth-order valence-electron chi connectivity index (χ4n) is 3.69. The molecule has 0 aliphatic carbocycles. The van der Waals surface area contributed by atoms with Gasteiger partial charge in [0.2, 0.25) is 5.91 Å². The van der Waals surface area contributed by atoms with Crippen molar-refractivity contribution in [1.29, 1.82) is 0 Å². The van der Waals surface area contributed by atoms with Crippen molar-refractivity contribution in [3.63, 3.8) is 0 Å². The Morgan fingerprint density at radius 1 is 1.50 bits per heavy atom. The van der Waals surface area contributed by atoms with E-state index in [9.17, 15) is 19.8 Å². The molecule has 1 amide bonds. The number of aliphatic hydroxyl groups excluding tert-OH is 1. The van der Waals surface area contributed by atoms with Gasteiger partial charge in [0.25, 0.3) is 0 Å². The molecule has 4 atom stereocenters. The van der Waals surface area contributed by atoms with Crippen molar-refractivity contribution < 1.29 is 19.8 Å². The predicted octanol–water partition coefficient (Wildman–Crippen LogP) is 0.704. The third kappa shape index (κ3) is 2.25. The summed E-state index contributed by atoms with van der Waals surface area (Å²) in [7, 11) is 2.02. The zero-order valence-electron chi connectivity index (χ0n) is 13.4. The van der Waals surface area contributed by atoms with E-state index < -0.39 is 18.0 Å². The highest BCUT2D eigenvalue weighted by atomic mass is 32.2. The molecule has 130 valence electrons. The molecule has 7 nitrogen and oxygen atoms in total. The molecule has 0 aromatic rings. The Kier molecular flexibility index (Phi) is 3.77. The Morgan fingerprint density at radius 2 is 2.25 bits per heavy atom. The van der Waals surface area contributed by atoms with E-state index in [0.717, 1.165) is 19.6 Å². The summed E-state index contributed by atoms with van der Waals surface area (Å²) in [6.07, 6.45) is 2.32. The van der Waals surface area contributed by atoms with Gasteiger partial charge in [-0.05, 0) is 13.3 Å². The number of carbonyl (C=O) groups is 2. The van der Waals surface area contributed by atoms with Crippen LogP contribution >= 0.6 is 23.5 Å². The van der Waals surface area contributed by atoms with Gasteiger partial charge in [-0.3, -0.25) is 9.69 Å². The van der Waals surface area contributed by atoms with Crippen LogP contribution in [0.4, 0.5) is 0 Å². The fourth-order valence-corrected chi connectivity index (χ4v) is 6.99. The molecule has 24 heavy (non-hydrogen) atoms. The molecule has 9 heteroatoms. The van der Waals surface area contributed by atoms with E-state index >= 15 is 0 Å². The Bertz CT molecular complexity index is 678. The summed E-state index contributed by atoms with van der Waals surface area (Å²) in [5.74, 6) is -1.88. The zero-order valence-corrected chi connectivity index (χ0v) is 15.0. The van der Waals surface area contributed by atoms with Crippen LogP contribution in [0.25, 0.3) is 0 Å². The smallest absolute Gasteiger partial charge is 0.354 e. The number of hydrogen-bond acceptors (Lipinski definition) is 7. The maximum absolute atomic E-state index is 12.2. The molecule has 0 aromatic heterocycles. The second kappa shape index (κ2) is 5.60. The first kappa shape index (κ1) is 16.2. The van der Waals surface area contributed by atoms with Gasteiger partial charge in [0.05, 0.1) is 28.2 Å². The van der Waals surface area contributed by atoms with Gasteiger partial charge in [-0.2, -0.15) is 0 Å². The summed E-state index contributed by atoms with van der Waals surface area (Å²) in [5, 5.41) is 19.3. The lowest BCUT2D eigenvalue weighted by Crippen LogP contribution is -2.60. The molecule has 0 spiro atoms. The molecule has 2 N–H and O–H groups in total. The lowest BCUT2D eigenvalue weighted by atomic mass is 9.92. The molecule has 0 radical (unpaired) electrons. The minimum Gasteiger partial charge on any atom is -0.477 e. The largest absolute Gasteiger partial charge is 0.477 e. The van der Waals surface area contributed by atoms with Crippen molar-refractivity contribution >= 4 is 35.4 Å². The fraction of sp³-hybridized carbons (Fsp3) is 0.600. The van der Waals surface area contributed by atoms with E-state index in [-0.39, 0.29) is 22.2 Å². The highest BCUT2D eigenvalue weighted by Crippen LogP contribution is 2.56. The van der Waals surface area contributed by atoms with Crippen molar-refractivity contribution in [3.05, 3.63) is 21.8 Å². The third-order valence-electron chi connectivity index (χ3n) is 4.82. The molecular weight excluding hydrogens is 350 g/mol. The molecule has 0 saturated carbocycles. The number of carbonyl (C=O) groups excluding carboxylic acids is 1. The second-order valence-corrected chi connectivity index (χ2v) is 9.13. The number of fused-ring (bicyclic) bond motifs is 2. The van der Waals surface area contributed by atoms with Crippen molar-refractivity contribution in [2.45, 2.75) is 30.1 Å². The number of thioether (sulfide) groups is 2. The average molecular weight is 369 g/mol. The number of hydrogen-bond donors (Lipinski definition) is 2. The first-order chi connectivity index (χ1) is 11.4. The van der Waals surface area contributed by atoms with E-state index in [4.69, 9.17) is 0 Å². The highest BCUT2D eigenvalue weighted by molar-refractivity contribution is 8.23. The van der Waals surface area contributed by atoms with Crippen LogP contribution in [0.3, 0.4) is 0 Å². The van der Waals surface area contributed by atoms with Gasteiger partial charge in [-0.15, -0.1) is 11.8 Å². The average Bonchev–Trinajstić information content (AvgIpc) is 3.11. The molecule has 1 unspecified atom stereocenters. The van der Waals surface area contributed by atoms with Gasteiger partial charge in [-0.25, -0.2) is 4.79 Å². The normalized spacial score (nSPS) is 32.8. The molecule has 2 saturated heterocycles. The van der Waals surface area contributed by atoms with Crippen LogP contribution in [0.5, 0.6) is 0 Å². The molecule has 4 heterocycles. The number of β-lactam (4-membered cyclic amide) rings is 1. The van der Waals surface area contributed by atoms with Crippen LogP contribution in [0.1, 0.15) is 13.3 Å². The number of carboxylic acid groups (broad SMARTS) is 1. The molecular formula is C15H19N3O4S2. The summed E-state index contributed by atoms with van der Waals surface area (Å²) >= 11 is 2.95. The monoisotopic (exact) mass is 369 g/mol. The lowest BCUT2D eigenvalue weighted by molar-refractivity contribution is -0.156. The van der Waals surface area contributed by atoms with Crippen molar-refractivity contribution in [1.82, 2.24) is 14.7 Å². The zero-order chi connectivity index (χ0) is 17.2. The van der Waals surface area contributed by atoms with Gasteiger partial charge in [0, 0.05) is 25.5 Å². The molecule has 4 rings (SSSR count). The molecule has 0 bridgehead atoms. The first-order valence-electron chi connectivity index (χ1n) is 7.87. The standard InChI is InChI=1S/C15H19N3O4S2/c1-7(19)10-12(20)18-11(14(21)22)15(24-13(10)18)23-9-3-4-17-6-16(2)5-8(9)17/h5,7,9-10,13,19H,3-4,6H2,1-2H3,(H,21,22)/t7-,9?,10-,13+/m1/s1. The minimum atomic E-state index is -1.07. The van der Waals surface area contributed by atoms with Crippen molar-refractivity contribution in [2.24, 2.45) is 5.92 Å². The van der Waals surface area contributed by atoms with Gasteiger partial charge in [0.15, 0.2) is 5.70 Å². The first-order valence-corrected chi connectivity index (χ1v) is 9.63. The molecule has 2 fully saturated rings. The Balaban J connectivity index is 1.58. The summed E-state index contributed by atoms with van der Waals surface area (Å²) in [5.41, 5.74) is 1.32. The van der Waals surface area contributed by atoms with Gasteiger partial charge >= 0.3 is 5.97 Å².